The lowest BCUT2D eigenvalue weighted by Crippen LogP contribution is -2.62. The van der Waals surface area contributed by atoms with E-state index in [1.807, 2.05) is 5.43 Å². The Balaban J connectivity index is 1.24. The number of aliphatic hydroxyl groups is 2. The zero-order chi connectivity index (χ0) is 70.2. The number of aliphatic imine (C=N–C) groups is 1. The average Bonchev–Trinajstić information content (AvgIpc) is 1.56. The first kappa shape index (κ1) is 74.6. The summed E-state index contributed by atoms with van der Waals surface area (Å²) in [7, 11) is 0. The number of carbonyl (C=O) groups is 12. The molecule has 2 fully saturated rings. The van der Waals surface area contributed by atoms with Gasteiger partial charge in [0.2, 0.25) is 59.1 Å². The predicted octanol–water partition coefficient (Wildman–Crippen LogP) is -4.45. The number of benzene rings is 2. The number of phenolic OH excluding ortho intramolecular Hbond substituents is 1. The third-order valence-electron chi connectivity index (χ3n) is 15.3. The van der Waals surface area contributed by atoms with Crippen molar-refractivity contribution in [2.45, 2.75) is 159 Å². The Morgan fingerprint density at radius 1 is 0.708 bits per heavy atom. The van der Waals surface area contributed by atoms with Crippen LogP contribution in [-0.4, -0.2) is 205 Å². The number of ether oxygens (including phenoxy) is 1. The maximum absolute atomic E-state index is 14.8. The first-order valence-electron chi connectivity index (χ1n) is 31.2. The van der Waals surface area contributed by atoms with Crippen molar-refractivity contribution >= 4 is 87.9 Å². The minimum Gasteiger partial charge on any atom is -0.508 e. The van der Waals surface area contributed by atoms with E-state index in [-0.39, 0.29) is 94.4 Å². The van der Waals surface area contributed by atoms with E-state index in [1.165, 1.54) is 41.7 Å². The third-order valence-corrected chi connectivity index (χ3v) is 15.3. The van der Waals surface area contributed by atoms with Gasteiger partial charge in [0.25, 0.3) is 11.8 Å². The van der Waals surface area contributed by atoms with Crippen LogP contribution in [0.25, 0.3) is 10.9 Å². The number of H-pyrrole nitrogens is 2. The number of nitrogens with zero attached hydrogens (tertiary/aromatic N) is 3. The second-order valence-electron chi connectivity index (χ2n) is 24.4. The number of hydrogen-bond donors (Lipinski definition) is 19. The van der Waals surface area contributed by atoms with E-state index in [2.05, 4.69) is 78.8 Å². The summed E-state index contributed by atoms with van der Waals surface area (Å²) < 4.78 is 6.03. The van der Waals surface area contributed by atoms with E-state index >= 15 is 0 Å². The molecule has 35 heteroatoms. The number of primary amides is 1. The smallest absolute Gasteiger partial charge is 0.330 e. The van der Waals surface area contributed by atoms with Crippen molar-refractivity contribution in [1.29, 1.82) is 0 Å². The van der Waals surface area contributed by atoms with E-state index < -0.39 is 145 Å². The van der Waals surface area contributed by atoms with Crippen molar-refractivity contribution in [3.05, 3.63) is 84.1 Å². The molecule has 6 rings (SSSR count). The van der Waals surface area contributed by atoms with Gasteiger partial charge >= 0.3 is 6.03 Å². The molecule has 0 aliphatic carbocycles. The average molecular weight is 1340 g/mol. The number of phenols is 1. The highest BCUT2D eigenvalue weighted by Gasteiger charge is 2.40. The van der Waals surface area contributed by atoms with Crippen molar-refractivity contribution in [2.24, 2.45) is 22.4 Å². The molecule has 35 nitrogen and oxygen atoms in total. The molecule has 0 spiro atoms. The fraction of sp³-hybridized carbons (Fsp3) is 0.508. The summed E-state index contributed by atoms with van der Waals surface area (Å²) in [4.78, 5) is 179. The van der Waals surface area contributed by atoms with E-state index in [9.17, 15) is 67.7 Å². The molecule has 4 aromatic rings. The minimum absolute atomic E-state index is 0.0391. The lowest BCUT2D eigenvalue weighted by molar-refractivity contribution is -0.142. The van der Waals surface area contributed by atoms with Crippen LogP contribution in [0.3, 0.4) is 0 Å². The molecule has 0 radical (unpaired) electrons. The number of guanidine groups is 1. The topological polar surface area (TPSA) is 531 Å². The number of aromatic amines is 2. The molecule has 96 heavy (non-hydrogen) atoms. The molecule has 4 heterocycles. The van der Waals surface area contributed by atoms with Gasteiger partial charge in [-0.25, -0.2) is 15.2 Å². The number of urea groups is 1. The zero-order valence-electron chi connectivity index (χ0n) is 53.9. The number of aliphatic hydroxyl groups excluding tert-OH is 2. The Morgan fingerprint density at radius 2 is 1.32 bits per heavy atom. The monoisotopic (exact) mass is 1340 g/mol. The molecule has 0 unspecified atom stereocenters. The van der Waals surface area contributed by atoms with Crippen molar-refractivity contribution in [3.8, 4) is 5.75 Å². The summed E-state index contributed by atoms with van der Waals surface area (Å²) in [6.07, 6.45) is 4.48. The summed E-state index contributed by atoms with van der Waals surface area (Å²) >= 11 is 0. The number of imidazole rings is 1. The molecule has 0 bridgehead atoms. The molecule has 21 N–H and O–H groups in total. The Bertz CT molecular complexity index is 3410. The zero-order valence-corrected chi connectivity index (χ0v) is 53.9. The molecule has 2 aromatic heterocycles. The highest BCUT2D eigenvalue weighted by molar-refractivity contribution is 6.00. The summed E-state index contributed by atoms with van der Waals surface area (Å²) in [5.74, 6) is -9.76. The first-order valence-corrected chi connectivity index (χ1v) is 31.2. The SMILES string of the molecule is CC(C)C[C@H](NC(=O)[C@@H](COC(C)(C)C)NC(=O)[C@H](Cc1ccc(O)cc1)NC(=O)[C@H](CO)NC(=O)[C@H](Cc1c[nH]c2ccccc12)NC(=O)[C@H](Cc1cnc[nH]1)NC(=O)[C@@H]1CCC(=O)N1)C(=O)N[C@@H](CCCN=C(N)NNC(=O)CO)C(=O)N1CCC[C@H]1C(=O)NNC(N)=O. The third kappa shape index (κ3) is 23.2. The number of rotatable bonds is 32. The van der Waals surface area contributed by atoms with Gasteiger partial charge in [-0.05, 0) is 94.5 Å². The number of nitrogens with one attached hydrogen (secondary N) is 14. The van der Waals surface area contributed by atoms with Crippen molar-refractivity contribution < 1.29 is 77.6 Å². The molecule has 9 atom stereocenters. The number of para-hydroxylation sites is 1. The second-order valence-corrected chi connectivity index (χ2v) is 24.4. The highest BCUT2D eigenvalue weighted by Crippen LogP contribution is 2.22. The molecule has 2 aromatic carbocycles. The van der Waals surface area contributed by atoms with E-state index in [1.54, 1.807) is 65.1 Å². The van der Waals surface area contributed by atoms with Gasteiger partial charge < -0.3 is 88.9 Å². The summed E-state index contributed by atoms with van der Waals surface area (Å²) in [5.41, 5.74) is 20.7. The van der Waals surface area contributed by atoms with Gasteiger partial charge in [0, 0.05) is 67.8 Å². The van der Waals surface area contributed by atoms with Crippen LogP contribution in [0.15, 0.2) is 72.2 Å². The Kier molecular flexibility index (Phi) is 27.8. The number of aromatic nitrogens is 3. The van der Waals surface area contributed by atoms with Gasteiger partial charge in [-0.3, -0.25) is 74.0 Å². The molecule has 0 saturated carbocycles. The number of hydrazine groups is 2. The van der Waals surface area contributed by atoms with Crippen molar-refractivity contribution in [3.63, 3.8) is 0 Å². The van der Waals surface area contributed by atoms with Crippen LogP contribution < -0.4 is 75.7 Å². The molecular weight excluding hydrogens is 1250 g/mol. The van der Waals surface area contributed by atoms with Crippen LogP contribution in [0.1, 0.15) is 96.4 Å². The number of nitrogens with two attached hydrogens (primary N) is 2. The Labute approximate surface area is 551 Å². The number of carbonyl (C=O) groups excluding carboxylic acids is 12. The number of hydrogen-bond acceptors (Lipinski definition) is 18. The van der Waals surface area contributed by atoms with Crippen LogP contribution in [0.2, 0.25) is 0 Å². The Hall–Kier alpha value is -10.4. The summed E-state index contributed by atoms with van der Waals surface area (Å²) in [6, 6.07) is -1.15. The standard InChI is InChI=1S/C61H87N19O16/c1-32(2)22-41(51(87)69-40(12-8-20-65-59(62)78-76-49(85)29-82)58(94)80-21-9-13-47(80)57(93)77-79-60(63)95)70-56(92)46(30-96-61(3,4)5)75-52(88)42(23-33-14-16-36(83)17-15-33)71-55(91)45(28-81)74-53(89)43(24-34-26-66-38-11-7-6-10-37(34)38)72-54(90)44(25-35-27-64-31-67-35)73-50(86)39-18-19-48(84)68-39/h6-7,10-11,14-17,26-27,31-32,39-47,66,81-83H,8-9,12-13,18-25,28-30H2,1-5H3,(H,64,67)(H,68,84)(H,69,87)(H,70,92)(H,71,91)(H,72,90)(H,73,86)(H,74,89)(H,75,88)(H,76,85)(H,77,93)(H3,62,65,78)(H3,63,79,95)/t39-,40-,41-,42-,43-,44-,45-,46+,47-/m0/s1. The lowest BCUT2D eigenvalue weighted by Gasteiger charge is -2.31. The van der Waals surface area contributed by atoms with Crippen molar-refractivity contribution in [2.75, 3.05) is 32.9 Å². The maximum atomic E-state index is 14.8. The van der Waals surface area contributed by atoms with E-state index in [0.717, 1.165) is 0 Å². The van der Waals surface area contributed by atoms with Crippen molar-refractivity contribution in [1.82, 2.24) is 84.1 Å². The molecule has 13 amide bonds. The van der Waals surface area contributed by atoms with Gasteiger partial charge in [0.15, 0.2) is 0 Å². The highest BCUT2D eigenvalue weighted by atomic mass is 16.5. The summed E-state index contributed by atoms with van der Waals surface area (Å²) in [6.45, 7) is 6.11. The van der Waals surface area contributed by atoms with Gasteiger partial charge in [0.1, 0.15) is 66.7 Å². The second kappa shape index (κ2) is 35.7. The maximum Gasteiger partial charge on any atom is 0.330 e. The molecule has 522 valence electrons. The van der Waals surface area contributed by atoms with Crippen LogP contribution in [-0.2, 0) is 76.7 Å². The Morgan fingerprint density at radius 3 is 1.95 bits per heavy atom. The summed E-state index contributed by atoms with van der Waals surface area (Å²) in [5, 5.41) is 51.7. The molecular formula is C61H87N19O16. The molecule has 2 saturated heterocycles. The van der Waals surface area contributed by atoms with Gasteiger partial charge in [-0.2, -0.15) is 0 Å². The predicted molar refractivity (Wildman–Crippen MR) is 343 cm³/mol. The molecule has 2 aliphatic heterocycles. The lowest BCUT2D eigenvalue weighted by atomic mass is 10.0. The number of aromatic hydroxyl groups is 1. The van der Waals surface area contributed by atoms with Gasteiger partial charge in [-0.1, -0.05) is 44.2 Å². The number of likely N-dealkylation sites (tertiary alicyclic amines) is 1. The normalized spacial score (nSPS) is 16.9. The van der Waals surface area contributed by atoms with Crippen LogP contribution in [0.5, 0.6) is 5.75 Å². The van der Waals surface area contributed by atoms with Gasteiger partial charge in [0.05, 0.1) is 25.1 Å². The fourth-order valence-electron chi connectivity index (χ4n) is 10.4. The van der Waals surface area contributed by atoms with E-state index in [4.69, 9.17) is 21.3 Å². The number of fused-ring (bicyclic) bond motifs is 1. The first-order chi connectivity index (χ1) is 45.6. The largest absolute Gasteiger partial charge is 0.508 e. The quantitative estimate of drug-likeness (QED) is 0.00949. The van der Waals surface area contributed by atoms with Gasteiger partial charge in [-0.15, -0.1) is 0 Å². The fourth-order valence-corrected chi connectivity index (χ4v) is 10.4. The molecule has 2 aliphatic rings. The number of amides is 13. The minimum atomic E-state index is -1.82. The van der Waals surface area contributed by atoms with Crippen LogP contribution in [0.4, 0.5) is 4.79 Å². The van der Waals surface area contributed by atoms with Crippen LogP contribution >= 0.6 is 0 Å². The van der Waals surface area contributed by atoms with E-state index in [0.29, 0.717) is 34.1 Å². The van der Waals surface area contributed by atoms with Crippen LogP contribution in [0, 0.1) is 5.92 Å².